The van der Waals surface area contributed by atoms with Crippen LogP contribution in [0.5, 0.6) is 5.75 Å². The maximum atomic E-state index is 11.9. The molecular formula is C15H16N6O2. The summed E-state index contributed by atoms with van der Waals surface area (Å²) in [4.78, 5) is 16.2. The number of azo groups is 1. The molecule has 3 aromatic rings. The fraction of sp³-hybridized carbons (Fsp3) is 0.200. The van der Waals surface area contributed by atoms with E-state index in [0.717, 1.165) is 5.75 Å². The van der Waals surface area contributed by atoms with E-state index in [1.165, 1.54) is 10.6 Å². The highest BCUT2D eigenvalue weighted by atomic mass is 16.5. The van der Waals surface area contributed by atoms with Gasteiger partial charge in [-0.3, -0.25) is 9.89 Å². The van der Waals surface area contributed by atoms with Crippen molar-refractivity contribution in [3.05, 3.63) is 46.4 Å². The van der Waals surface area contributed by atoms with Crippen molar-refractivity contribution in [2.45, 2.75) is 13.8 Å². The summed E-state index contributed by atoms with van der Waals surface area (Å²) >= 11 is 0. The van der Waals surface area contributed by atoms with Gasteiger partial charge in [-0.1, -0.05) is 0 Å². The summed E-state index contributed by atoms with van der Waals surface area (Å²) in [6.07, 6.45) is 0. The van der Waals surface area contributed by atoms with Crippen molar-refractivity contribution >= 4 is 22.8 Å². The van der Waals surface area contributed by atoms with Crippen molar-refractivity contribution in [3.63, 3.8) is 0 Å². The molecule has 0 bridgehead atoms. The number of nitrogens with zero attached hydrogens (tertiary/aromatic N) is 4. The number of nitrogen functional groups attached to an aromatic ring is 1. The minimum Gasteiger partial charge on any atom is -0.494 e. The Morgan fingerprint density at radius 2 is 2.04 bits per heavy atom. The number of hydrogen-bond donors (Lipinski definition) is 2. The van der Waals surface area contributed by atoms with Crippen molar-refractivity contribution < 1.29 is 4.74 Å². The first-order valence-electron chi connectivity index (χ1n) is 7.11. The van der Waals surface area contributed by atoms with Crippen LogP contribution in [-0.4, -0.2) is 21.2 Å². The molecule has 3 N–H and O–H groups in total. The van der Waals surface area contributed by atoms with Crippen LogP contribution in [0, 0.1) is 6.92 Å². The highest BCUT2D eigenvalue weighted by Crippen LogP contribution is 2.28. The van der Waals surface area contributed by atoms with Gasteiger partial charge in [-0.2, -0.15) is 9.63 Å². The van der Waals surface area contributed by atoms with E-state index in [1.54, 1.807) is 19.1 Å². The Kier molecular flexibility index (Phi) is 3.80. The van der Waals surface area contributed by atoms with Gasteiger partial charge in [0, 0.05) is 11.8 Å². The van der Waals surface area contributed by atoms with Gasteiger partial charge in [-0.25, -0.2) is 4.98 Å². The van der Waals surface area contributed by atoms with E-state index in [-0.39, 0.29) is 11.4 Å². The van der Waals surface area contributed by atoms with Gasteiger partial charge in [0.25, 0.3) is 5.56 Å². The van der Waals surface area contributed by atoms with Gasteiger partial charge in [0.05, 0.1) is 12.3 Å². The molecule has 23 heavy (non-hydrogen) atoms. The summed E-state index contributed by atoms with van der Waals surface area (Å²) in [5.41, 5.74) is 7.54. The van der Waals surface area contributed by atoms with Crippen molar-refractivity contribution in [3.8, 4) is 5.75 Å². The van der Waals surface area contributed by atoms with Gasteiger partial charge in [0.2, 0.25) is 0 Å². The molecule has 0 fully saturated rings. The van der Waals surface area contributed by atoms with Crippen LogP contribution in [-0.2, 0) is 0 Å². The molecule has 0 atom stereocenters. The second kappa shape index (κ2) is 5.91. The van der Waals surface area contributed by atoms with Gasteiger partial charge in [-0.15, -0.1) is 5.11 Å². The number of aromatic amines is 1. The number of rotatable bonds is 4. The third-order valence-corrected chi connectivity index (χ3v) is 3.16. The van der Waals surface area contributed by atoms with Crippen molar-refractivity contribution in [2.24, 2.45) is 10.2 Å². The lowest BCUT2D eigenvalue weighted by molar-refractivity contribution is 0.340. The first-order chi connectivity index (χ1) is 11.1. The van der Waals surface area contributed by atoms with Crippen molar-refractivity contribution in [1.29, 1.82) is 0 Å². The van der Waals surface area contributed by atoms with Crippen molar-refractivity contribution in [2.75, 3.05) is 12.3 Å². The minimum atomic E-state index is -0.248. The molecule has 0 radical (unpaired) electrons. The maximum absolute atomic E-state index is 11.9. The zero-order valence-electron chi connectivity index (χ0n) is 12.8. The number of anilines is 1. The molecular weight excluding hydrogens is 296 g/mol. The van der Waals surface area contributed by atoms with Crippen LogP contribution in [0.25, 0.3) is 5.65 Å². The molecule has 3 rings (SSSR count). The highest BCUT2D eigenvalue weighted by molar-refractivity contribution is 5.75. The van der Waals surface area contributed by atoms with Crippen LogP contribution in [0.3, 0.4) is 0 Å². The summed E-state index contributed by atoms with van der Waals surface area (Å²) in [6.45, 7) is 4.26. The van der Waals surface area contributed by atoms with E-state index in [4.69, 9.17) is 10.5 Å². The minimum absolute atomic E-state index is 0.231. The van der Waals surface area contributed by atoms with E-state index in [2.05, 4.69) is 20.3 Å². The van der Waals surface area contributed by atoms with E-state index >= 15 is 0 Å². The molecule has 2 heterocycles. The lowest BCUT2D eigenvalue weighted by atomic mass is 10.3. The first kappa shape index (κ1) is 14.8. The normalized spacial score (nSPS) is 11.4. The summed E-state index contributed by atoms with van der Waals surface area (Å²) < 4.78 is 6.61. The molecule has 0 saturated carbocycles. The highest BCUT2D eigenvalue weighted by Gasteiger charge is 2.12. The molecule has 8 heteroatoms. The predicted octanol–water partition coefficient (Wildman–Crippen LogP) is 2.73. The quantitative estimate of drug-likeness (QED) is 0.721. The number of ether oxygens (including phenoxy) is 1. The second-order valence-electron chi connectivity index (χ2n) is 4.90. The Morgan fingerprint density at radius 3 is 2.74 bits per heavy atom. The van der Waals surface area contributed by atoms with Crippen LogP contribution in [0.4, 0.5) is 17.2 Å². The number of benzene rings is 1. The molecule has 118 valence electrons. The van der Waals surface area contributed by atoms with Gasteiger partial charge in [0.15, 0.2) is 11.3 Å². The average molecular weight is 312 g/mol. The lowest BCUT2D eigenvalue weighted by Gasteiger charge is -2.01. The van der Waals surface area contributed by atoms with E-state index in [0.29, 0.717) is 29.3 Å². The number of H-pyrrole nitrogens is 1. The lowest BCUT2D eigenvalue weighted by Crippen LogP contribution is -2.14. The number of fused-ring (bicyclic) bond motifs is 1. The van der Waals surface area contributed by atoms with E-state index in [1.807, 2.05) is 19.1 Å². The zero-order valence-corrected chi connectivity index (χ0v) is 12.8. The molecule has 0 spiro atoms. The Bertz CT molecular complexity index is 924. The molecule has 0 unspecified atom stereocenters. The number of nitrogens with one attached hydrogen (secondary N) is 1. The molecule has 1 aromatic carbocycles. The summed E-state index contributed by atoms with van der Waals surface area (Å²) in [6, 6.07) is 8.59. The Hall–Kier alpha value is -3.16. The topological polar surface area (TPSA) is 110 Å². The smallest absolute Gasteiger partial charge is 0.273 e. The van der Waals surface area contributed by atoms with Gasteiger partial charge in [0.1, 0.15) is 11.6 Å². The van der Waals surface area contributed by atoms with Gasteiger partial charge >= 0.3 is 0 Å². The first-order valence-corrected chi connectivity index (χ1v) is 7.11. The fourth-order valence-electron chi connectivity index (χ4n) is 2.14. The zero-order chi connectivity index (χ0) is 16.4. The average Bonchev–Trinajstić information content (AvgIpc) is 2.83. The van der Waals surface area contributed by atoms with E-state index < -0.39 is 0 Å². The number of nitrogens with two attached hydrogens (primary N) is 1. The van der Waals surface area contributed by atoms with Crippen LogP contribution >= 0.6 is 0 Å². The molecule has 0 aliphatic carbocycles. The molecule has 0 amide bonds. The third kappa shape index (κ3) is 2.91. The summed E-state index contributed by atoms with van der Waals surface area (Å²) in [5, 5.41) is 11.0. The van der Waals surface area contributed by atoms with Gasteiger partial charge < -0.3 is 10.5 Å². The Morgan fingerprint density at radius 1 is 1.30 bits per heavy atom. The van der Waals surface area contributed by atoms with Gasteiger partial charge in [-0.05, 0) is 38.1 Å². The van der Waals surface area contributed by atoms with E-state index in [9.17, 15) is 4.79 Å². The molecule has 0 aliphatic heterocycles. The number of aromatic nitrogens is 3. The molecule has 0 saturated heterocycles. The second-order valence-corrected chi connectivity index (χ2v) is 4.90. The Labute approximate surface area is 131 Å². The maximum Gasteiger partial charge on any atom is 0.273 e. The van der Waals surface area contributed by atoms with Crippen LogP contribution < -0.4 is 16.0 Å². The fourth-order valence-corrected chi connectivity index (χ4v) is 2.14. The number of aryl methyl sites for hydroxylation is 1. The number of hydrogen-bond acceptors (Lipinski definition) is 6. The molecule has 8 nitrogen and oxygen atoms in total. The predicted molar refractivity (Wildman–Crippen MR) is 86.7 cm³/mol. The molecule has 2 aromatic heterocycles. The Balaban J connectivity index is 1.97. The summed E-state index contributed by atoms with van der Waals surface area (Å²) in [7, 11) is 0. The third-order valence-electron chi connectivity index (χ3n) is 3.16. The van der Waals surface area contributed by atoms with Crippen LogP contribution in [0.15, 0.2) is 45.4 Å². The monoisotopic (exact) mass is 312 g/mol. The van der Waals surface area contributed by atoms with Crippen LogP contribution in [0.2, 0.25) is 0 Å². The molecule has 0 aliphatic rings. The summed E-state index contributed by atoms with van der Waals surface area (Å²) in [5.74, 6) is 0.997. The SMILES string of the molecule is CCOc1ccc(N=Nc2c(N)[nH]n3c(=O)cc(C)nc23)cc1. The van der Waals surface area contributed by atoms with Crippen LogP contribution in [0.1, 0.15) is 12.6 Å². The standard InChI is InChI=1S/C15H16N6O2/c1-3-23-11-6-4-10(5-7-11)18-19-13-14(16)20-21-12(22)8-9(2)17-15(13)21/h4-8,20H,3,16H2,1-2H3. The largest absolute Gasteiger partial charge is 0.494 e. The van der Waals surface area contributed by atoms with Crippen molar-refractivity contribution in [1.82, 2.24) is 14.6 Å².